The van der Waals surface area contributed by atoms with E-state index in [1.807, 2.05) is 0 Å². The lowest BCUT2D eigenvalue weighted by atomic mass is 10.2. The van der Waals surface area contributed by atoms with Gasteiger partial charge in [0, 0.05) is 6.54 Å². The highest BCUT2D eigenvalue weighted by atomic mass is 15.1. The van der Waals surface area contributed by atoms with Crippen LogP contribution >= 0.6 is 0 Å². The minimum Gasteiger partial charge on any atom is -0.317 e. The molecular formula is C14H24N2. The van der Waals surface area contributed by atoms with Gasteiger partial charge in [-0.25, -0.2) is 0 Å². The Bertz CT molecular complexity index is 259. The number of nitrogens with one attached hydrogen (secondary N) is 1. The highest BCUT2D eigenvalue weighted by Crippen LogP contribution is 2.03. The Morgan fingerprint density at radius 1 is 1.12 bits per heavy atom. The van der Waals surface area contributed by atoms with Crippen LogP contribution in [0.5, 0.6) is 0 Å². The monoisotopic (exact) mass is 220 g/mol. The second-order valence-electron chi connectivity index (χ2n) is 4.28. The Morgan fingerprint density at radius 2 is 1.88 bits per heavy atom. The van der Waals surface area contributed by atoms with Gasteiger partial charge < -0.3 is 10.2 Å². The van der Waals surface area contributed by atoms with Crippen LogP contribution in [-0.2, 0) is 6.54 Å². The van der Waals surface area contributed by atoms with Crippen molar-refractivity contribution < 1.29 is 0 Å². The zero-order valence-corrected chi connectivity index (χ0v) is 10.6. The number of hydrogen-bond donors (Lipinski definition) is 1. The first kappa shape index (κ1) is 13.2. The summed E-state index contributed by atoms with van der Waals surface area (Å²) in [6, 6.07) is 10.7. The summed E-state index contributed by atoms with van der Waals surface area (Å²) in [5.74, 6) is 0. The Kier molecular flexibility index (Phi) is 6.86. The maximum atomic E-state index is 3.35. The van der Waals surface area contributed by atoms with E-state index in [4.69, 9.17) is 0 Å². The van der Waals surface area contributed by atoms with Crippen LogP contribution in [-0.4, -0.2) is 31.6 Å². The molecule has 0 saturated heterocycles. The zero-order chi connectivity index (χ0) is 11.6. The third-order valence-corrected chi connectivity index (χ3v) is 2.69. The molecule has 0 radical (unpaired) electrons. The van der Waals surface area contributed by atoms with Crippen molar-refractivity contribution in [3.05, 3.63) is 35.9 Å². The highest BCUT2D eigenvalue weighted by molar-refractivity contribution is 5.14. The lowest BCUT2D eigenvalue weighted by molar-refractivity contribution is 0.318. The van der Waals surface area contributed by atoms with E-state index in [9.17, 15) is 0 Å². The van der Waals surface area contributed by atoms with Gasteiger partial charge in [-0.2, -0.15) is 0 Å². The average molecular weight is 220 g/mol. The molecule has 0 aromatic heterocycles. The van der Waals surface area contributed by atoms with Crippen LogP contribution in [0.2, 0.25) is 0 Å². The van der Waals surface area contributed by atoms with Crippen molar-refractivity contribution in [1.29, 1.82) is 0 Å². The second kappa shape index (κ2) is 8.31. The predicted molar refractivity (Wildman–Crippen MR) is 70.6 cm³/mol. The number of unbranched alkanes of at least 4 members (excludes halogenated alkanes) is 1. The summed E-state index contributed by atoms with van der Waals surface area (Å²) in [7, 11) is 2.19. The molecule has 0 atom stereocenters. The number of rotatable bonds is 8. The zero-order valence-electron chi connectivity index (χ0n) is 10.6. The van der Waals surface area contributed by atoms with Crippen molar-refractivity contribution in [2.75, 3.05) is 26.7 Å². The van der Waals surface area contributed by atoms with Gasteiger partial charge in [-0.3, -0.25) is 0 Å². The molecule has 2 nitrogen and oxygen atoms in total. The topological polar surface area (TPSA) is 15.3 Å². The Hall–Kier alpha value is -0.860. The van der Waals surface area contributed by atoms with E-state index in [1.54, 1.807) is 0 Å². The Balaban J connectivity index is 2.09. The summed E-state index contributed by atoms with van der Waals surface area (Å²) < 4.78 is 0. The van der Waals surface area contributed by atoms with E-state index >= 15 is 0 Å². The van der Waals surface area contributed by atoms with Crippen molar-refractivity contribution in [2.45, 2.75) is 26.3 Å². The Morgan fingerprint density at radius 3 is 2.56 bits per heavy atom. The normalized spacial score (nSPS) is 10.9. The highest BCUT2D eigenvalue weighted by Gasteiger charge is 1.99. The van der Waals surface area contributed by atoms with Gasteiger partial charge >= 0.3 is 0 Å². The SMILES string of the molecule is CCNCCCCN(C)Cc1ccccc1. The fraction of sp³-hybridized carbons (Fsp3) is 0.571. The van der Waals surface area contributed by atoms with Crippen molar-refractivity contribution in [3.63, 3.8) is 0 Å². The van der Waals surface area contributed by atoms with Gasteiger partial charge in [0.2, 0.25) is 0 Å². The van der Waals surface area contributed by atoms with Crippen LogP contribution in [0.25, 0.3) is 0 Å². The lowest BCUT2D eigenvalue weighted by Crippen LogP contribution is -2.21. The van der Waals surface area contributed by atoms with Gasteiger partial charge in [0.15, 0.2) is 0 Å². The van der Waals surface area contributed by atoms with Crippen molar-refractivity contribution in [3.8, 4) is 0 Å². The summed E-state index contributed by atoms with van der Waals surface area (Å²) in [5, 5.41) is 3.35. The van der Waals surface area contributed by atoms with E-state index in [0.717, 1.165) is 19.6 Å². The van der Waals surface area contributed by atoms with Gasteiger partial charge in [0.25, 0.3) is 0 Å². The quantitative estimate of drug-likeness (QED) is 0.677. The molecule has 0 aliphatic rings. The van der Waals surface area contributed by atoms with Crippen LogP contribution in [0.1, 0.15) is 25.3 Å². The number of benzene rings is 1. The minimum absolute atomic E-state index is 1.06. The second-order valence-corrected chi connectivity index (χ2v) is 4.28. The van der Waals surface area contributed by atoms with E-state index in [-0.39, 0.29) is 0 Å². The van der Waals surface area contributed by atoms with E-state index < -0.39 is 0 Å². The molecule has 16 heavy (non-hydrogen) atoms. The summed E-state index contributed by atoms with van der Waals surface area (Å²) in [4.78, 5) is 2.39. The Labute approximate surface area is 99.7 Å². The molecule has 1 rings (SSSR count). The standard InChI is InChI=1S/C14H24N2/c1-3-15-11-7-8-12-16(2)13-14-9-5-4-6-10-14/h4-6,9-10,15H,3,7-8,11-13H2,1-2H3. The van der Waals surface area contributed by atoms with Crippen molar-refractivity contribution in [1.82, 2.24) is 10.2 Å². The minimum atomic E-state index is 1.06. The first-order chi connectivity index (χ1) is 7.83. The van der Waals surface area contributed by atoms with E-state index in [1.165, 1.54) is 24.9 Å². The van der Waals surface area contributed by atoms with E-state index in [0.29, 0.717) is 0 Å². The average Bonchev–Trinajstić information content (AvgIpc) is 2.30. The molecule has 0 saturated carbocycles. The molecule has 0 fully saturated rings. The molecule has 0 spiro atoms. The summed E-state index contributed by atoms with van der Waals surface area (Å²) in [5.41, 5.74) is 1.40. The predicted octanol–water partition coefficient (Wildman–Crippen LogP) is 2.51. The largest absolute Gasteiger partial charge is 0.317 e. The van der Waals surface area contributed by atoms with Gasteiger partial charge in [0.1, 0.15) is 0 Å². The van der Waals surface area contributed by atoms with Crippen LogP contribution in [0.15, 0.2) is 30.3 Å². The summed E-state index contributed by atoms with van der Waals surface area (Å²) in [6.45, 7) is 6.62. The fourth-order valence-electron chi connectivity index (χ4n) is 1.78. The molecule has 0 heterocycles. The smallest absolute Gasteiger partial charge is 0.0230 e. The summed E-state index contributed by atoms with van der Waals surface area (Å²) in [6.07, 6.45) is 2.54. The first-order valence-electron chi connectivity index (χ1n) is 6.26. The van der Waals surface area contributed by atoms with Crippen LogP contribution in [0.3, 0.4) is 0 Å². The molecular weight excluding hydrogens is 196 g/mol. The molecule has 2 heteroatoms. The van der Waals surface area contributed by atoms with Gasteiger partial charge in [0.05, 0.1) is 0 Å². The van der Waals surface area contributed by atoms with Crippen molar-refractivity contribution in [2.24, 2.45) is 0 Å². The molecule has 0 bridgehead atoms. The van der Waals surface area contributed by atoms with Crippen molar-refractivity contribution >= 4 is 0 Å². The van der Waals surface area contributed by atoms with Crippen LogP contribution in [0, 0.1) is 0 Å². The fourth-order valence-corrected chi connectivity index (χ4v) is 1.78. The van der Waals surface area contributed by atoms with E-state index in [2.05, 4.69) is 54.5 Å². The third kappa shape index (κ3) is 5.89. The number of nitrogens with zero attached hydrogens (tertiary/aromatic N) is 1. The lowest BCUT2D eigenvalue weighted by Gasteiger charge is -2.16. The van der Waals surface area contributed by atoms with Gasteiger partial charge in [-0.1, -0.05) is 37.3 Å². The molecule has 0 unspecified atom stereocenters. The molecule has 0 aliphatic heterocycles. The van der Waals surface area contributed by atoms with Gasteiger partial charge in [-0.15, -0.1) is 0 Å². The van der Waals surface area contributed by atoms with Crippen LogP contribution in [0.4, 0.5) is 0 Å². The maximum Gasteiger partial charge on any atom is 0.0230 e. The molecule has 0 amide bonds. The number of hydrogen-bond acceptors (Lipinski definition) is 2. The molecule has 90 valence electrons. The molecule has 1 N–H and O–H groups in total. The third-order valence-electron chi connectivity index (χ3n) is 2.69. The molecule has 1 aromatic carbocycles. The maximum absolute atomic E-state index is 3.35. The van der Waals surface area contributed by atoms with Gasteiger partial charge in [-0.05, 0) is 45.1 Å². The summed E-state index contributed by atoms with van der Waals surface area (Å²) >= 11 is 0. The first-order valence-corrected chi connectivity index (χ1v) is 6.26. The molecule has 0 aliphatic carbocycles. The van der Waals surface area contributed by atoms with Crippen LogP contribution < -0.4 is 5.32 Å². The molecule has 1 aromatic rings.